The maximum absolute atomic E-state index is 5.92. The van der Waals surface area contributed by atoms with Crippen LogP contribution in [-0.4, -0.2) is 4.98 Å². The van der Waals surface area contributed by atoms with Crippen LogP contribution in [0.15, 0.2) is 59.1 Å². The van der Waals surface area contributed by atoms with Crippen molar-refractivity contribution in [2.24, 2.45) is 0 Å². The van der Waals surface area contributed by atoms with Crippen molar-refractivity contribution < 1.29 is 4.74 Å². The molecule has 0 radical (unpaired) electrons. The normalized spacial score (nSPS) is 10.7. The summed E-state index contributed by atoms with van der Waals surface area (Å²) in [5, 5.41) is 2.05. The molecule has 0 aliphatic rings. The van der Waals surface area contributed by atoms with E-state index in [1.54, 1.807) is 0 Å². The number of halogens is 2. The van der Waals surface area contributed by atoms with E-state index < -0.39 is 0 Å². The number of nitrogens with zero attached hydrogens (tertiary/aromatic N) is 1. The predicted octanol–water partition coefficient (Wildman–Crippen LogP) is 5.53. The Labute approximate surface area is 130 Å². The topological polar surface area (TPSA) is 22.1 Å². The Balaban J connectivity index is 2.10. The van der Waals surface area contributed by atoms with Crippen molar-refractivity contribution in [1.29, 1.82) is 0 Å². The Morgan fingerprint density at radius 2 is 1.90 bits per heavy atom. The first-order valence-corrected chi connectivity index (χ1v) is 7.47. The number of benzene rings is 2. The molecule has 1 heterocycles. The van der Waals surface area contributed by atoms with E-state index in [4.69, 9.17) is 16.3 Å². The van der Waals surface area contributed by atoms with Crippen LogP contribution in [0.4, 0.5) is 0 Å². The monoisotopic (exact) mass is 347 g/mol. The van der Waals surface area contributed by atoms with Crippen molar-refractivity contribution >= 4 is 38.3 Å². The molecule has 20 heavy (non-hydrogen) atoms. The highest BCUT2D eigenvalue weighted by atomic mass is 79.9. The van der Waals surface area contributed by atoms with Crippen LogP contribution in [0.1, 0.15) is 5.69 Å². The molecule has 0 saturated heterocycles. The lowest BCUT2D eigenvalue weighted by Gasteiger charge is -2.10. The Bertz CT molecular complexity index is 760. The SMILES string of the molecule is ClCc1cc2ccccc2c(Oc2cccc(Br)c2)n1. The summed E-state index contributed by atoms with van der Waals surface area (Å²) in [6, 6.07) is 17.6. The number of fused-ring (bicyclic) bond motifs is 1. The number of alkyl halides is 1. The number of rotatable bonds is 3. The summed E-state index contributed by atoms with van der Waals surface area (Å²) in [5.74, 6) is 1.68. The van der Waals surface area contributed by atoms with Crippen LogP contribution < -0.4 is 4.74 Å². The molecule has 100 valence electrons. The van der Waals surface area contributed by atoms with Gasteiger partial charge in [0.1, 0.15) is 5.75 Å². The fourth-order valence-electron chi connectivity index (χ4n) is 2.01. The summed E-state index contributed by atoms with van der Waals surface area (Å²) in [5.41, 5.74) is 0.801. The zero-order chi connectivity index (χ0) is 13.9. The molecule has 0 saturated carbocycles. The van der Waals surface area contributed by atoms with Crippen LogP contribution in [0.25, 0.3) is 10.8 Å². The second-order valence-corrected chi connectivity index (χ2v) is 5.52. The zero-order valence-electron chi connectivity index (χ0n) is 10.5. The maximum Gasteiger partial charge on any atom is 0.227 e. The molecule has 3 rings (SSSR count). The number of hydrogen-bond donors (Lipinski definition) is 0. The molecule has 0 amide bonds. The summed E-state index contributed by atoms with van der Waals surface area (Å²) in [6.07, 6.45) is 0. The van der Waals surface area contributed by atoms with Gasteiger partial charge in [-0.25, -0.2) is 4.98 Å². The quantitative estimate of drug-likeness (QED) is 0.581. The van der Waals surface area contributed by atoms with Gasteiger partial charge < -0.3 is 4.74 Å². The number of pyridine rings is 1. The molecule has 0 atom stereocenters. The van der Waals surface area contributed by atoms with Gasteiger partial charge in [-0.05, 0) is 35.7 Å². The van der Waals surface area contributed by atoms with Gasteiger partial charge >= 0.3 is 0 Å². The van der Waals surface area contributed by atoms with E-state index in [-0.39, 0.29) is 0 Å². The maximum atomic E-state index is 5.92. The van der Waals surface area contributed by atoms with E-state index >= 15 is 0 Å². The van der Waals surface area contributed by atoms with E-state index in [2.05, 4.69) is 20.9 Å². The molecule has 2 aromatic carbocycles. The smallest absolute Gasteiger partial charge is 0.227 e. The highest BCUT2D eigenvalue weighted by molar-refractivity contribution is 9.10. The van der Waals surface area contributed by atoms with Crippen molar-refractivity contribution in [2.75, 3.05) is 0 Å². The van der Waals surface area contributed by atoms with E-state index in [1.807, 2.05) is 54.6 Å². The van der Waals surface area contributed by atoms with Crippen molar-refractivity contribution in [3.8, 4) is 11.6 Å². The minimum Gasteiger partial charge on any atom is -0.438 e. The molecule has 0 aliphatic heterocycles. The van der Waals surface area contributed by atoms with Crippen LogP contribution >= 0.6 is 27.5 Å². The molecule has 2 nitrogen and oxygen atoms in total. The van der Waals surface area contributed by atoms with Crippen LogP contribution in [0.3, 0.4) is 0 Å². The molecular formula is C16H11BrClNO. The Kier molecular flexibility index (Phi) is 3.90. The standard InChI is InChI=1S/C16H11BrClNO/c17-12-5-3-6-14(9-12)20-16-15-7-2-1-4-11(15)8-13(10-18)19-16/h1-9H,10H2. The van der Waals surface area contributed by atoms with Gasteiger partial charge in [0.15, 0.2) is 0 Å². The fraction of sp³-hybridized carbons (Fsp3) is 0.0625. The highest BCUT2D eigenvalue weighted by Crippen LogP contribution is 2.30. The van der Waals surface area contributed by atoms with Crippen LogP contribution in [0, 0.1) is 0 Å². The van der Waals surface area contributed by atoms with Crippen LogP contribution in [0.5, 0.6) is 11.6 Å². The lowest BCUT2D eigenvalue weighted by molar-refractivity contribution is 0.467. The van der Waals surface area contributed by atoms with E-state index in [0.717, 1.165) is 26.7 Å². The van der Waals surface area contributed by atoms with Crippen molar-refractivity contribution in [3.63, 3.8) is 0 Å². The second-order valence-electron chi connectivity index (χ2n) is 4.33. The second kappa shape index (κ2) is 5.81. The van der Waals surface area contributed by atoms with Gasteiger partial charge in [-0.2, -0.15) is 0 Å². The fourth-order valence-corrected chi connectivity index (χ4v) is 2.52. The number of hydrogen-bond acceptors (Lipinski definition) is 2. The molecule has 0 bridgehead atoms. The van der Waals surface area contributed by atoms with Gasteiger partial charge in [0.2, 0.25) is 5.88 Å². The molecule has 4 heteroatoms. The number of ether oxygens (including phenoxy) is 1. The van der Waals surface area contributed by atoms with Gasteiger partial charge in [0.25, 0.3) is 0 Å². The predicted molar refractivity (Wildman–Crippen MR) is 85.5 cm³/mol. The van der Waals surface area contributed by atoms with Crippen LogP contribution in [-0.2, 0) is 5.88 Å². The molecule has 0 fully saturated rings. The molecule has 0 unspecified atom stereocenters. The first-order valence-electron chi connectivity index (χ1n) is 6.14. The van der Waals surface area contributed by atoms with Gasteiger partial charge in [0, 0.05) is 9.86 Å². The zero-order valence-corrected chi connectivity index (χ0v) is 12.9. The third kappa shape index (κ3) is 2.79. The van der Waals surface area contributed by atoms with Gasteiger partial charge in [0.05, 0.1) is 11.6 Å². The molecule has 0 spiro atoms. The average Bonchev–Trinajstić information content (AvgIpc) is 2.47. The lowest BCUT2D eigenvalue weighted by atomic mass is 10.1. The molecule has 1 aromatic heterocycles. The molecule has 3 aromatic rings. The summed E-state index contributed by atoms with van der Waals surface area (Å²) >= 11 is 9.33. The van der Waals surface area contributed by atoms with E-state index in [1.165, 1.54) is 0 Å². The number of aromatic nitrogens is 1. The minimum atomic E-state index is 0.361. The third-order valence-electron chi connectivity index (χ3n) is 2.91. The average molecular weight is 349 g/mol. The summed E-state index contributed by atoms with van der Waals surface area (Å²) < 4.78 is 6.88. The summed E-state index contributed by atoms with van der Waals surface area (Å²) in [4.78, 5) is 4.47. The van der Waals surface area contributed by atoms with Crippen molar-refractivity contribution in [2.45, 2.75) is 5.88 Å². The van der Waals surface area contributed by atoms with Gasteiger partial charge in [-0.15, -0.1) is 11.6 Å². The van der Waals surface area contributed by atoms with Crippen molar-refractivity contribution in [3.05, 3.63) is 64.8 Å². The third-order valence-corrected chi connectivity index (χ3v) is 3.67. The molecule has 0 N–H and O–H groups in total. The molecular weight excluding hydrogens is 338 g/mol. The summed E-state index contributed by atoms with van der Waals surface area (Å²) in [6.45, 7) is 0. The minimum absolute atomic E-state index is 0.361. The van der Waals surface area contributed by atoms with E-state index in [0.29, 0.717) is 11.8 Å². The van der Waals surface area contributed by atoms with Gasteiger partial charge in [-0.3, -0.25) is 0 Å². The first kappa shape index (κ1) is 13.4. The summed E-state index contributed by atoms with van der Waals surface area (Å²) in [7, 11) is 0. The first-order chi connectivity index (χ1) is 9.76. The lowest BCUT2D eigenvalue weighted by Crippen LogP contribution is -1.93. The molecule has 0 aliphatic carbocycles. The highest BCUT2D eigenvalue weighted by Gasteiger charge is 2.08. The Morgan fingerprint density at radius 1 is 1.05 bits per heavy atom. The Morgan fingerprint density at radius 3 is 2.70 bits per heavy atom. The van der Waals surface area contributed by atoms with E-state index in [9.17, 15) is 0 Å². The Hall–Kier alpha value is -1.58. The largest absolute Gasteiger partial charge is 0.438 e. The van der Waals surface area contributed by atoms with Crippen LogP contribution in [0.2, 0.25) is 0 Å². The van der Waals surface area contributed by atoms with Crippen molar-refractivity contribution in [1.82, 2.24) is 4.98 Å². The van der Waals surface area contributed by atoms with Gasteiger partial charge in [-0.1, -0.05) is 40.2 Å².